The number of benzene rings is 2. The van der Waals surface area contributed by atoms with E-state index in [9.17, 15) is 14.4 Å². The van der Waals surface area contributed by atoms with Gasteiger partial charge < -0.3 is 29.8 Å². The number of carbonyl (C=O) groups is 3. The van der Waals surface area contributed by atoms with Gasteiger partial charge in [-0.3, -0.25) is 14.6 Å². The van der Waals surface area contributed by atoms with Gasteiger partial charge in [-0.05, 0) is 37.3 Å². The van der Waals surface area contributed by atoms with E-state index in [1.54, 1.807) is 37.3 Å². The SMILES string of the molecule is CCOC(=O)CNC(=O)Nc1ccc2oc3c(OC)ccc(C(=O)Nc4c(Cl)cncc4Cl)c3c2c1. The molecule has 4 rings (SSSR count). The standard InChI is InChI=1S/C24H20Cl2N4O6/c1-3-35-19(31)11-28-24(33)29-12-4-6-17-14(8-12)20-13(5-7-18(34-2)22(20)36-17)23(32)30-21-15(25)9-27-10-16(21)26/h4-10H,3,11H2,1-2H3,(H,27,30,32)(H2,28,29,33). The van der Waals surface area contributed by atoms with E-state index in [0.29, 0.717) is 33.4 Å². The predicted molar refractivity (Wildman–Crippen MR) is 136 cm³/mol. The summed E-state index contributed by atoms with van der Waals surface area (Å²) in [4.78, 5) is 40.9. The van der Waals surface area contributed by atoms with Crippen molar-refractivity contribution in [3.8, 4) is 5.75 Å². The van der Waals surface area contributed by atoms with Crippen LogP contribution in [0.15, 0.2) is 47.1 Å². The summed E-state index contributed by atoms with van der Waals surface area (Å²) < 4.78 is 16.2. The van der Waals surface area contributed by atoms with Gasteiger partial charge in [0, 0.05) is 28.9 Å². The van der Waals surface area contributed by atoms with Crippen molar-refractivity contribution >= 4 is 74.4 Å². The van der Waals surface area contributed by atoms with Crippen LogP contribution in [0.3, 0.4) is 0 Å². The van der Waals surface area contributed by atoms with Crippen molar-refractivity contribution < 1.29 is 28.3 Å². The number of hydrogen-bond donors (Lipinski definition) is 3. The number of urea groups is 1. The number of rotatable bonds is 7. The van der Waals surface area contributed by atoms with Gasteiger partial charge in [-0.15, -0.1) is 0 Å². The van der Waals surface area contributed by atoms with Crippen LogP contribution in [0.25, 0.3) is 21.9 Å². The number of hydrogen-bond acceptors (Lipinski definition) is 7. The largest absolute Gasteiger partial charge is 0.493 e. The lowest BCUT2D eigenvalue weighted by molar-refractivity contribution is -0.141. The number of aromatic nitrogens is 1. The molecule has 2 aromatic carbocycles. The average Bonchev–Trinajstić information content (AvgIpc) is 3.23. The Balaban J connectivity index is 1.71. The Labute approximate surface area is 214 Å². The van der Waals surface area contributed by atoms with Crippen LogP contribution in [0.1, 0.15) is 17.3 Å². The molecule has 0 atom stereocenters. The second kappa shape index (κ2) is 10.7. The number of pyridine rings is 1. The third-order valence-corrected chi connectivity index (χ3v) is 5.67. The highest BCUT2D eigenvalue weighted by Gasteiger charge is 2.21. The summed E-state index contributed by atoms with van der Waals surface area (Å²) in [5, 5.41) is 9.14. The molecule has 0 aliphatic carbocycles. The normalized spacial score (nSPS) is 10.8. The van der Waals surface area contributed by atoms with Crippen LogP contribution in [0.2, 0.25) is 10.0 Å². The van der Waals surface area contributed by atoms with Crippen molar-refractivity contribution in [3.05, 3.63) is 58.3 Å². The zero-order valence-corrected chi connectivity index (χ0v) is 20.6. The molecule has 0 fully saturated rings. The van der Waals surface area contributed by atoms with Crippen LogP contribution in [-0.2, 0) is 9.53 Å². The molecule has 12 heteroatoms. The van der Waals surface area contributed by atoms with E-state index in [1.165, 1.54) is 19.5 Å². The van der Waals surface area contributed by atoms with E-state index in [1.807, 2.05) is 0 Å². The molecule has 10 nitrogen and oxygen atoms in total. The average molecular weight is 531 g/mol. The lowest BCUT2D eigenvalue weighted by Crippen LogP contribution is -2.34. The van der Waals surface area contributed by atoms with E-state index in [-0.39, 0.29) is 34.4 Å². The van der Waals surface area contributed by atoms with E-state index in [0.717, 1.165) is 0 Å². The molecule has 0 saturated carbocycles. The summed E-state index contributed by atoms with van der Waals surface area (Å²) in [7, 11) is 1.49. The number of methoxy groups -OCH3 is 1. The van der Waals surface area contributed by atoms with Crippen LogP contribution in [0.4, 0.5) is 16.2 Å². The van der Waals surface area contributed by atoms with Crippen molar-refractivity contribution in [3.63, 3.8) is 0 Å². The van der Waals surface area contributed by atoms with Crippen molar-refractivity contribution in [1.82, 2.24) is 10.3 Å². The summed E-state index contributed by atoms with van der Waals surface area (Å²) in [6.07, 6.45) is 2.73. The van der Waals surface area contributed by atoms with Gasteiger partial charge in [0.05, 0.1) is 35.0 Å². The first kappa shape index (κ1) is 25.1. The number of halogens is 2. The summed E-state index contributed by atoms with van der Waals surface area (Å²) >= 11 is 12.3. The second-order valence-electron chi connectivity index (χ2n) is 7.38. The van der Waals surface area contributed by atoms with Crippen molar-refractivity contribution in [2.24, 2.45) is 0 Å². The maximum absolute atomic E-state index is 13.3. The molecule has 3 N–H and O–H groups in total. The minimum Gasteiger partial charge on any atom is -0.493 e. The number of anilines is 2. The lowest BCUT2D eigenvalue weighted by Gasteiger charge is -2.11. The summed E-state index contributed by atoms with van der Waals surface area (Å²) in [5.41, 5.74) is 1.69. The molecule has 0 spiro atoms. The van der Waals surface area contributed by atoms with Gasteiger partial charge in [0.25, 0.3) is 5.91 Å². The molecule has 4 aromatic rings. The van der Waals surface area contributed by atoms with E-state index in [2.05, 4.69) is 20.9 Å². The molecule has 186 valence electrons. The lowest BCUT2D eigenvalue weighted by atomic mass is 10.0. The molecule has 0 aliphatic rings. The number of nitrogens with zero attached hydrogens (tertiary/aromatic N) is 1. The number of amides is 3. The van der Waals surface area contributed by atoms with Gasteiger partial charge >= 0.3 is 12.0 Å². The highest BCUT2D eigenvalue weighted by molar-refractivity contribution is 6.40. The Morgan fingerprint density at radius 2 is 1.81 bits per heavy atom. The van der Waals surface area contributed by atoms with Crippen molar-refractivity contribution in [2.75, 3.05) is 30.9 Å². The Bertz CT molecular complexity index is 1470. The first-order valence-corrected chi connectivity index (χ1v) is 11.4. The summed E-state index contributed by atoms with van der Waals surface area (Å²) in [6, 6.07) is 7.50. The Morgan fingerprint density at radius 1 is 1.06 bits per heavy atom. The van der Waals surface area contributed by atoms with Crippen molar-refractivity contribution in [1.29, 1.82) is 0 Å². The molecule has 2 heterocycles. The van der Waals surface area contributed by atoms with Crippen LogP contribution in [0.5, 0.6) is 5.75 Å². The maximum atomic E-state index is 13.3. The van der Waals surface area contributed by atoms with E-state index < -0.39 is 17.9 Å². The predicted octanol–water partition coefficient (Wildman–Crippen LogP) is 5.23. The molecule has 3 amide bonds. The highest BCUT2D eigenvalue weighted by Crippen LogP contribution is 2.39. The molecule has 0 aliphatic heterocycles. The number of ether oxygens (including phenoxy) is 2. The quantitative estimate of drug-likeness (QED) is 0.278. The molecular formula is C24H20Cl2N4O6. The maximum Gasteiger partial charge on any atom is 0.325 e. The van der Waals surface area contributed by atoms with E-state index in [4.69, 9.17) is 37.1 Å². The highest BCUT2D eigenvalue weighted by atomic mass is 35.5. The molecular weight excluding hydrogens is 511 g/mol. The Morgan fingerprint density at radius 3 is 2.50 bits per heavy atom. The summed E-state index contributed by atoms with van der Waals surface area (Å²) in [5.74, 6) is -0.633. The summed E-state index contributed by atoms with van der Waals surface area (Å²) in [6.45, 7) is 1.61. The molecule has 36 heavy (non-hydrogen) atoms. The number of fused-ring (bicyclic) bond motifs is 3. The zero-order valence-electron chi connectivity index (χ0n) is 19.1. The van der Waals surface area contributed by atoms with E-state index >= 15 is 0 Å². The number of nitrogens with one attached hydrogen (secondary N) is 3. The number of carbonyl (C=O) groups excluding carboxylic acids is 3. The van der Waals surface area contributed by atoms with Gasteiger partial charge in [-0.25, -0.2) is 4.79 Å². The smallest absolute Gasteiger partial charge is 0.325 e. The molecule has 2 aromatic heterocycles. The van der Waals surface area contributed by atoms with Gasteiger partial charge in [-0.2, -0.15) is 0 Å². The van der Waals surface area contributed by atoms with Crippen LogP contribution in [0, 0.1) is 0 Å². The van der Waals surface area contributed by atoms with Crippen LogP contribution >= 0.6 is 23.2 Å². The minimum atomic E-state index is -0.604. The van der Waals surface area contributed by atoms with Crippen LogP contribution < -0.4 is 20.7 Å². The molecule has 0 unspecified atom stereocenters. The topological polar surface area (TPSA) is 132 Å². The fourth-order valence-electron chi connectivity index (χ4n) is 3.54. The Hall–Kier alpha value is -4.02. The van der Waals surface area contributed by atoms with Gasteiger partial charge in [-0.1, -0.05) is 23.2 Å². The first-order valence-electron chi connectivity index (χ1n) is 10.7. The second-order valence-corrected chi connectivity index (χ2v) is 8.19. The fourth-order valence-corrected chi connectivity index (χ4v) is 3.99. The first-order chi connectivity index (χ1) is 17.3. The Kier molecular flexibility index (Phi) is 7.47. The fraction of sp³-hybridized carbons (Fsp3) is 0.167. The monoisotopic (exact) mass is 530 g/mol. The van der Waals surface area contributed by atoms with Gasteiger partial charge in [0.1, 0.15) is 12.1 Å². The third-order valence-electron chi connectivity index (χ3n) is 5.10. The third kappa shape index (κ3) is 5.14. The number of esters is 1. The molecule has 0 saturated heterocycles. The minimum absolute atomic E-state index is 0.179. The van der Waals surface area contributed by atoms with Crippen LogP contribution in [-0.4, -0.2) is 43.2 Å². The molecule has 0 radical (unpaired) electrons. The van der Waals surface area contributed by atoms with Gasteiger partial charge in [0.15, 0.2) is 11.3 Å². The number of furan rings is 1. The molecule has 0 bridgehead atoms. The zero-order chi connectivity index (χ0) is 25.8. The van der Waals surface area contributed by atoms with Gasteiger partial charge in [0.2, 0.25) is 0 Å². The van der Waals surface area contributed by atoms with Crippen molar-refractivity contribution in [2.45, 2.75) is 6.92 Å².